The van der Waals surface area contributed by atoms with Gasteiger partial charge in [0, 0.05) is 44.5 Å². The molecule has 5 rings (SSSR count). The van der Waals surface area contributed by atoms with Crippen LogP contribution < -0.4 is 4.90 Å². The fourth-order valence-corrected chi connectivity index (χ4v) is 5.66. The molecule has 4 aromatic rings. The number of halogens is 6. The monoisotopic (exact) mass is 669 g/mol. The average molecular weight is 670 g/mol. The quantitative estimate of drug-likeness (QED) is 0.178. The van der Waals surface area contributed by atoms with E-state index in [0.717, 1.165) is 22.4 Å². The zero-order valence-corrected chi connectivity index (χ0v) is 26.0. The summed E-state index contributed by atoms with van der Waals surface area (Å²) < 4.78 is 87.3. The minimum Gasteiger partial charge on any atom is -0.445 e. The molecule has 4 aromatic carbocycles. The highest BCUT2D eigenvalue weighted by Crippen LogP contribution is 2.37. The van der Waals surface area contributed by atoms with Crippen LogP contribution in [0.5, 0.6) is 0 Å². The molecule has 0 N–H and O–H groups in total. The van der Waals surface area contributed by atoms with Crippen LogP contribution in [0.2, 0.25) is 0 Å². The van der Waals surface area contributed by atoms with E-state index in [4.69, 9.17) is 4.74 Å². The lowest BCUT2D eigenvalue weighted by Crippen LogP contribution is -2.57. The van der Waals surface area contributed by atoms with Crippen LogP contribution in [0.3, 0.4) is 0 Å². The second-order valence-electron chi connectivity index (χ2n) is 11.6. The molecular weight excluding hydrogens is 636 g/mol. The van der Waals surface area contributed by atoms with Crippen LogP contribution in [0, 0.1) is 0 Å². The molecule has 1 heterocycles. The molecule has 0 spiro atoms. The normalized spacial score (nSPS) is 15.3. The molecule has 0 aromatic heterocycles. The molecule has 252 valence electrons. The SMILES string of the molecule is CN(Cc1ccccc1)c1cccc(CC2CN(C(=O)OCc3ccccc3)CCN2C(=O)c2cc(C(F)(F)F)cc(C(F)(F)F)c2)c1. The molecule has 2 amide bonds. The second-order valence-corrected chi connectivity index (χ2v) is 11.6. The summed E-state index contributed by atoms with van der Waals surface area (Å²) in [4.78, 5) is 31.5. The lowest BCUT2D eigenvalue weighted by molar-refractivity contribution is -0.143. The van der Waals surface area contributed by atoms with Crippen LogP contribution in [-0.2, 0) is 36.7 Å². The van der Waals surface area contributed by atoms with Gasteiger partial charge in [0.1, 0.15) is 6.61 Å². The number of hydrogen-bond acceptors (Lipinski definition) is 4. The Morgan fingerprint density at radius 1 is 0.750 bits per heavy atom. The van der Waals surface area contributed by atoms with Crippen molar-refractivity contribution in [1.82, 2.24) is 9.80 Å². The Kier molecular flexibility index (Phi) is 10.3. The predicted octanol–water partition coefficient (Wildman–Crippen LogP) is 8.07. The fourth-order valence-electron chi connectivity index (χ4n) is 5.66. The van der Waals surface area contributed by atoms with Gasteiger partial charge in [0.2, 0.25) is 0 Å². The van der Waals surface area contributed by atoms with E-state index < -0.39 is 47.1 Å². The average Bonchev–Trinajstić information content (AvgIpc) is 3.07. The van der Waals surface area contributed by atoms with E-state index in [0.29, 0.717) is 18.7 Å². The van der Waals surface area contributed by atoms with Crippen molar-refractivity contribution < 1.29 is 40.7 Å². The van der Waals surface area contributed by atoms with Crippen molar-refractivity contribution in [3.63, 3.8) is 0 Å². The van der Waals surface area contributed by atoms with Crippen molar-refractivity contribution in [3.05, 3.63) is 137 Å². The molecule has 48 heavy (non-hydrogen) atoms. The molecule has 1 atom stereocenters. The van der Waals surface area contributed by atoms with Gasteiger partial charge in [0.05, 0.1) is 17.2 Å². The number of nitrogens with zero attached hydrogens (tertiary/aromatic N) is 3. The molecule has 1 unspecified atom stereocenters. The molecule has 1 saturated heterocycles. The number of hydrogen-bond donors (Lipinski definition) is 0. The first-order valence-electron chi connectivity index (χ1n) is 15.2. The topological polar surface area (TPSA) is 53.1 Å². The molecule has 12 heteroatoms. The number of amides is 2. The summed E-state index contributed by atoms with van der Waals surface area (Å²) in [5.74, 6) is -0.994. The molecule has 1 fully saturated rings. The van der Waals surface area contributed by atoms with Gasteiger partial charge in [0.25, 0.3) is 5.91 Å². The van der Waals surface area contributed by atoms with Gasteiger partial charge in [-0.1, -0.05) is 72.8 Å². The Balaban J connectivity index is 1.42. The van der Waals surface area contributed by atoms with Crippen molar-refractivity contribution >= 4 is 17.7 Å². The third kappa shape index (κ3) is 8.67. The van der Waals surface area contributed by atoms with Gasteiger partial charge < -0.3 is 19.4 Å². The van der Waals surface area contributed by atoms with Crippen LogP contribution in [0.4, 0.5) is 36.8 Å². The number of anilines is 1. The lowest BCUT2D eigenvalue weighted by atomic mass is 9.98. The number of benzene rings is 4. The zero-order chi connectivity index (χ0) is 34.5. The number of rotatable bonds is 8. The molecule has 0 saturated carbocycles. The maximum atomic E-state index is 13.8. The van der Waals surface area contributed by atoms with Gasteiger partial charge in [-0.05, 0) is 53.4 Å². The summed E-state index contributed by atoms with van der Waals surface area (Å²) in [5, 5.41) is 0. The highest BCUT2D eigenvalue weighted by Gasteiger charge is 2.39. The predicted molar refractivity (Wildman–Crippen MR) is 168 cm³/mol. The fraction of sp³-hybridized carbons (Fsp3) is 0.278. The maximum absolute atomic E-state index is 13.8. The highest BCUT2D eigenvalue weighted by molar-refractivity contribution is 5.95. The van der Waals surface area contributed by atoms with E-state index in [2.05, 4.69) is 0 Å². The number of carbonyl (C=O) groups excluding carboxylic acids is 2. The highest BCUT2D eigenvalue weighted by atomic mass is 19.4. The standard InChI is InChI=1S/C36H33F6N3O3/c1-43(22-25-9-4-2-5-10-25)31-14-8-13-27(17-31)18-32-23-44(34(47)48-24-26-11-6-3-7-12-26)15-16-45(32)33(46)28-19-29(35(37,38)39)21-30(20-28)36(40,41)42/h2-14,17,19-21,32H,15-16,18,22-24H2,1H3. The van der Waals surface area contributed by atoms with E-state index >= 15 is 0 Å². The number of ether oxygens (including phenoxy) is 1. The van der Waals surface area contributed by atoms with Crippen molar-refractivity contribution in [1.29, 1.82) is 0 Å². The summed E-state index contributed by atoms with van der Waals surface area (Å²) in [6, 6.07) is 26.3. The Hall–Kier alpha value is -5.00. The van der Waals surface area contributed by atoms with Gasteiger partial charge in [-0.3, -0.25) is 4.79 Å². The van der Waals surface area contributed by atoms with Crippen molar-refractivity contribution in [2.45, 2.75) is 38.0 Å². The van der Waals surface area contributed by atoms with E-state index in [1.807, 2.05) is 72.6 Å². The molecular formula is C36H33F6N3O3. The van der Waals surface area contributed by atoms with Crippen LogP contribution in [0.15, 0.2) is 103 Å². The Morgan fingerprint density at radius 2 is 1.33 bits per heavy atom. The summed E-state index contributed by atoms with van der Waals surface area (Å²) in [5.41, 5.74) is -0.426. The van der Waals surface area contributed by atoms with Crippen molar-refractivity contribution in [2.75, 3.05) is 31.6 Å². The van der Waals surface area contributed by atoms with Gasteiger partial charge in [0.15, 0.2) is 0 Å². The first-order chi connectivity index (χ1) is 22.8. The third-order valence-electron chi connectivity index (χ3n) is 8.13. The lowest BCUT2D eigenvalue weighted by Gasteiger charge is -2.41. The first kappa shape index (κ1) is 34.3. The van der Waals surface area contributed by atoms with Gasteiger partial charge in [-0.15, -0.1) is 0 Å². The molecule has 1 aliphatic heterocycles. The largest absolute Gasteiger partial charge is 0.445 e. The molecule has 6 nitrogen and oxygen atoms in total. The van der Waals surface area contributed by atoms with E-state index in [1.54, 1.807) is 24.3 Å². The molecule has 0 bridgehead atoms. The first-order valence-corrected chi connectivity index (χ1v) is 15.2. The molecule has 0 radical (unpaired) electrons. The smallest absolute Gasteiger partial charge is 0.416 e. The minimum atomic E-state index is -5.11. The number of piperazine rings is 1. The van der Waals surface area contributed by atoms with Crippen LogP contribution in [0.1, 0.15) is 38.2 Å². The van der Waals surface area contributed by atoms with E-state index in [9.17, 15) is 35.9 Å². The van der Waals surface area contributed by atoms with Gasteiger partial charge in [-0.25, -0.2) is 4.79 Å². The summed E-state index contributed by atoms with van der Waals surface area (Å²) in [6.07, 6.45) is -10.7. The number of carbonyl (C=O) groups is 2. The zero-order valence-electron chi connectivity index (χ0n) is 26.0. The molecule has 1 aliphatic rings. The third-order valence-corrected chi connectivity index (χ3v) is 8.13. The minimum absolute atomic E-state index is 0.00370. The molecule has 0 aliphatic carbocycles. The maximum Gasteiger partial charge on any atom is 0.416 e. The van der Waals surface area contributed by atoms with Crippen LogP contribution in [0.25, 0.3) is 0 Å². The van der Waals surface area contributed by atoms with Crippen molar-refractivity contribution in [3.8, 4) is 0 Å². The van der Waals surface area contributed by atoms with Gasteiger partial charge in [-0.2, -0.15) is 26.3 Å². The Morgan fingerprint density at radius 3 is 1.94 bits per heavy atom. The van der Waals surface area contributed by atoms with E-state index in [-0.39, 0.29) is 38.7 Å². The summed E-state index contributed by atoms with van der Waals surface area (Å²) in [6.45, 7) is 0.407. The summed E-state index contributed by atoms with van der Waals surface area (Å²) >= 11 is 0. The van der Waals surface area contributed by atoms with Crippen LogP contribution >= 0.6 is 0 Å². The van der Waals surface area contributed by atoms with E-state index in [1.165, 1.54) is 9.80 Å². The second kappa shape index (κ2) is 14.4. The Labute approximate surface area is 274 Å². The Bertz CT molecular complexity index is 1680. The van der Waals surface area contributed by atoms with Gasteiger partial charge >= 0.3 is 18.4 Å². The summed E-state index contributed by atoms with van der Waals surface area (Å²) in [7, 11) is 1.92. The number of alkyl halides is 6. The van der Waals surface area contributed by atoms with Crippen LogP contribution in [-0.4, -0.2) is 54.5 Å². The van der Waals surface area contributed by atoms with Crippen molar-refractivity contribution in [2.24, 2.45) is 0 Å².